The number of nitrogens with zero attached hydrogens (tertiary/aromatic N) is 2. The summed E-state index contributed by atoms with van der Waals surface area (Å²) in [5, 5.41) is 7.92. The summed E-state index contributed by atoms with van der Waals surface area (Å²) in [6, 6.07) is 9.81. The number of H-pyrrole nitrogens is 1. The fraction of sp³-hybridized carbons (Fsp3) is 0. The van der Waals surface area contributed by atoms with E-state index in [4.69, 9.17) is 5.73 Å². The third-order valence-electron chi connectivity index (χ3n) is 2.51. The second-order valence-electron chi connectivity index (χ2n) is 3.41. The van der Waals surface area contributed by atoms with Crippen LogP contribution >= 0.6 is 0 Å². The predicted molar refractivity (Wildman–Crippen MR) is 59.8 cm³/mol. The topological polar surface area (TPSA) is 59.6 Å². The maximum absolute atomic E-state index is 5.88. The lowest BCUT2D eigenvalue weighted by Gasteiger charge is -2.01. The van der Waals surface area contributed by atoms with Crippen molar-refractivity contribution < 1.29 is 0 Å². The summed E-state index contributed by atoms with van der Waals surface area (Å²) in [6.45, 7) is 0. The molecule has 0 amide bonds. The molecule has 0 atom stereocenters. The number of hydrogen-bond acceptors (Lipinski definition) is 2. The van der Waals surface area contributed by atoms with E-state index in [-0.39, 0.29) is 0 Å². The standard InChI is InChI=1S/C11H10N4/c12-9-2-1-3-10-8(9)5-7-15(10)11-4-6-13-14-11/h1-7H,12H2,(H,13,14). The molecule has 0 radical (unpaired) electrons. The maximum atomic E-state index is 5.88. The zero-order valence-electron chi connectivity index (χ0n) is 8.01. The monoisotopic (exact) mass is 198 g/mol. The molecular weight excluding hydrogens is 188 g/mol. The molecule has 1 aromatic carbocycles. The van der Waals surface area contributed by atoms with E-state index >= 15 is 0 Å². The first-order valence-electron chi connectivity index (χ1n) is 4.71. The van der Waals surface area contributed by atoms with Crippen LogP contribution in [0.25, 0.3) is 16.7 Å². The number of benzene rings is 1. The van der Waals surface area contributed by atoms with E-state index in [2.05, 4.69) is 10.2 Å². The Hall–Kier alpha value is -2.23. The van der Waals surface area contributed by atoms with Crippen molar-refractivity contribution in [3.05, 3.63) is 42.7 Å². The van der Waals surface area contributed by atoms with Crippen LogP contribution in [0.2, 0.25) is 0 Å². The predicted octanol–water partition coefficient (Wildman–Crippen LogP) is 1.94. The number of aromatic nitrogens is 3. The van der Waals surface area contributed by atoms with Gasteiger partial charge in [-0.25, -0.2) is 0 Å². The SMILES string of the molecule is Nc1cccc2c1ccn2-c1ccn[nH]1. The Morgan fingerprint density at radius 2 is 2.13 bits per heavy atom. The van der Waals surface area contributed by atoms with Gasteiger partial charge in [0.15, 0.2) is 0 Å². The van der Waals surface area contributed by atoms with Crippen molar-refractivity contribution in [3.8, 4) is 5.82 Å². The van der Waals surface area contributed by atoms with Gasteiger partial charge in [0.05, 0.1) is 11.7 Å². The second-order valence-corrected chi connectivity index (χ2v) is 3.41. The Morgan fingerprint density at radius 1 is 1.20 bits per heavy atom. The van der Waals surface area contributed by atoms with Crippen LogP contribution in [0.5, 0.6) is 0 Å². The van der Waals surface area contributed by atoms with Gasteiger partial charge in [-0.1, -0.05) is 6.07 Å². The van der Waals surface area contributed by atoms with Gasteiger partial charge < -0.3 is 10.3 Å². The Balaban J connectivity index is 2.34. The van der Waals surface area contributed by atoms with Gasteiger partial charge >= 0.3 is 0 Å². The first-order valence-corrected chi connectivity index (χ1v) is 4.71. The van der Waals surface area contributed by atoms with Crippen molar-refractivity contribution in [3.63, 3.8) is 0 Å². The largest absolute Gasteiger partial charge is 0.398 e. The lowest BCUT2D eigenvalue weighted by Crippen LogP contribution is -1.92. The zero-order chi connectivity index (χ0) is 10.3. The molecule has 0 saturated heterocycles. The van der Waals surface area contributed by atoms with Gasteiger partial charge in [0.1, 0.15) is 5.82 Å². The van der Waals surface area contributed by atoms with Crippen molar-refractivity contribution in [2.24, 2.45) is 0 Å². The van der Waals surface area contributed by atoms with Crippen LogP contribution in [0, 0.1) is 0 Å². The van der Waals surface area contributed by atoms with Gasteiger partial charge in [-0.05, 0) is 18.2 Å². The van der Waals surface area contributed by atoms with Crippen molar-refractivity contribution in [2.45, 2.75) is 0 Å². The lowest BCUT2D eigenvalue weighted by atomic mass is 10.2. The van der Waals surface area contributed by atoms with E-state index in [0.717, 1.165) is 22.4 Å². The highest BCUT2D eigenvalue weighted by Gasteiger charge is 2.05. The van der Waals surface area contributed by atoms with Crippen LogP contribution in [-0.4, -0.2) is 14.8 Å². The van der Waals surface area contributed by atoms with E-state index in [1.807, 2.05) is 41.1 Å². The quantitative estimate of drug-likeness (QED) is 0.587. The summed E-state index contributed by atoms with van der Waals surface area (Å²) in [4.78, 5) is 0. The minimum Gasteiger partial charge on any atom is -0.398 e. The van der Waals surface area contributed by atoms with Gasteiger partial charge in [-0.2, -0.15) is 5.10 Å². The molecular formula is C11H10N4. The van der Waals surface area contributed by atoms with E-state index in [9.17, 15) is 0 Å². The average molecular weight is 198 g/mol. The molecule has 74 valence electrons. The molecule has 0 aliphatic heterocycles. The molecule has 0 saturated carbocycles. The first-order chi connectivity index (χ1) is 7.36. The molecule has 0 spiro atoms. The molecule has 0 unspecified atom stereocenters. The smallest absolute Gasteiger partial charge is 0.132 e. The molecule has 0 bridgehead atoms. The molecule has 4 nitrogen and oxygen atoms in total. The van der Waals surface area contributed by atoms with Crippen LogP contribution in [0.4, 0.5) is 5.69 Å². The summed E-state index contributed by atoms with van der Waals surface area (Å²) in [7, 11) is 0. The number of nitrogens with one attached hydrogen (secondary N) is 1. The molecule has 4 heteroatoms. The average Bonchev–Trinajstić information content (AvgIpc) is 2.85. The van der Waals surface area contributed by atoms with Gasteiger partial charge in [0.25, 0.3) is 0 Å². The first kappa shape index (κ1) is 8.11. The Labute approximate surface area is 86.3 Å². The number of aromatic amines is 1. The zero-order valence-corrected chi connectivity index (χ0v) is 8.01. The van der Waals surface area contributed by atoms with E-state index in [1.54, 1.807) is 6.20 Å². The number of nitrogen functional groups attached to an aromatic ring is 1. The molecule has 15 heavy (non-hydrogen) atoms. The molecule has 0 aliphatic rings. The highest BCUT2D eigenvalue weighted by Crippen LogP contribution is 2.23. The summed E-state index contributed by atoms with van der Waals surface area (Å²) in [6.07, 6.45) is 3.71. The van der Waals surface area contributed by atoms with Gasteiger partial charge in [-0.15, -0.1) is 0 Å². The van der Waals surface area contributed by atoms with Crippen molar-refractivity contribution in [1.29, 1.82) is 0 Å². The number of fused-ring (bicyclic) bond motifs is 1. The van der Waals surface area contributed by atoms with Crippen LogP contribution in [-0.2, 0) is 0 Å². The Kier molecular flexibility index (Phi) is 1.56. The summed E-state index contributed by atoms with van der Waals surface area (Å²) < 4.78 is 2.03. The van der Waals surface area contributed by atoms with Gasteiger partial charge in [0, 0.05) is 23.3 Å². The number of nitrogens with two attached hydrogens (primary N) is 1. The third-order valence-corrected chi connectivity index (χ3v) is 2.51. The summed E-state index contributed by atoms with van der Waals surface area (Å²) >= 11 is 0. The molecule has 0 fully saturated rings. The fourth-order valence-electron chi connectivity index (χ4n) is 1.78. The van der Waals surface area contributed by atoms with Gasteiger partial charge in [-0.3, -0.25) is 5.10 Å². The molecule has 3 aromatic rings. The molecule has 3 N–H and O–H groups in total. The summed E-state index contributed by atoms with van der Waals surface area (Å²) in [5.41, 5.74) is 7.76. The van der Waals surface area contributed by atoms with Crippen LogP contribution in [0.3, 0.4) is 0 Å². The van der Waals surface area contributed by atoms with Crippen LogP contribution < -0.4 is 5.73 Å². The Bertz CT molecular complexity index is 592. The minimum atomic E-state index is 0.797. The van der Waals surface area contributed by atoms with E-state index in [0.29, 0.717) is 0 Å². The lowest BCUT2D eigenvalue weighted by molar-refractivity contribution is 0.988. The highest BCUT2D eigenvalue weighted by molar-refractivity contribution is 5.92. The molecule has 2 aromatic heterocycles. The number of rotatable bonds is 1. The van der Waals surface area contributed by atoms with Crippen molar-refractivity contribution in [1.82, 2.24) is 14.8 Å². The third kappa shape index (κ3) is 1.11. The molecule has 0 aliphatic carbocycles. The van der Waals surface area contributed by atoms with Crippen molar-refractivity contribution in [2.75, 3.05) is 5.73 Å². The minimum absolute atomic E-state index is 0.797. The fourth-order valence-corrected chi connectivity index (χ4v) is 1.78. The highest BCUT2D eigenvalue weighted by atomic mass is 15.2. The second kappa shape index (κ2) is 2.88. The van der Waals surface area contributed by atoms with E-state index < -0.39 is 0 Å². The van der Waals surface area contributed by atoms with Crippen molar-refractivity contribution >= 4 is 16.6 Å². The van der Waals surface area contributed by atoms with Crippen LogP contribution in [0.1, 0.15) is 0 Å². The number of hydrogen-bond donors (Lipinski definition) is 2. The van der Waals surface area contributed by atoms with E-state index in [1.165, 1.54) is 0 Å². The number of anilines is 1. The Morgan fingerprint density at radius 3 is 2.93 bits per heavy atom. The normalized spacial score (nSPS) is 10.9. The summed E-state index contributed by atoms with van der Waals surface area (Å²) in [5.74, 6) is 0.940. The molecule has 3 rings (SSSR count). The van der Waals surface area contributed by atoms with Gasteiger partial charge in [0.2, 0.25) is 0 Å². The maximum Gasteiger partial charge on any atom is 0.132 e. The van der Waals surface area contributed by atoms with Crippen LogP contribution in [0.15, 0.2) is 42.7 Å². The molecule has 2 heterocycles.